The number of nitrogens with two attached hydrogens (primary N) is 1. The van der Waals surface area contributed by atoms with Crippen LogP contribution in [0.15, 0.2) is 42.9 Å². The van der Waals surface area contributed by atoms with Gasteiger partial charge in [0.2, 0.25) is 0 Å². The third-order valence-electron chi connectivity index (χ3n) is 5.12. The number of carbonyl (C=O) groups excluding carboxylic acids is 1. The van der Waals surface area contributed by atoms with Gasteiger partial charge in [0, 0.05) is 23.9 Å². The Morgan fingerprint density at radius 3 is 2.91 bits per heavy atom. The van der Waals surface area contributed by atoms with E-state index < -0.39 is 17.5 Å². The molecule has 166 valence electrons. The molecule has 1 unspecified atom stereocenters. The van der Waals surface area contributed by atoms with Crippen molar-refractivity contribution in [2.24, 2.45) is 0 Å². The molecule has 1 fully saturated rings. The largest absolute Gasteiger partial charge is 0.490 e. The number of hydrogen-bond acceptors (Lipinski definition) is 7. The first kappa shape index (κ1) is 21.6. The van der Waals surface area contributed by atoms with Gasteiger partial charge in [0.25, 0.3) is 5.91 Å². The fraction of sp³-hybridized carbons (Fsp3) is 0.273. The Kier molecular flexibility index (Phi) is 6.50. The first-order valence-electron chi connectivity index (χ1n) is 10.2. The number of anilines is 2. The molecule has 0 saturated carbocycles. The smallest absolute Gasteiger partial charge is 0.278 e. The summed E-state index contributed by atoms with van der Waals surface area (Å²) in [6, 6.07) is 5.56. The highest BCUT2D eigenvalue weighted by molar-refractivity contribution is 6.05. The number of nitrogen functional groups attached to an aromatic ring is 1. The molecule has 4 N–H and O–H groups in total. The van der Waals surface area contributed by atoms with E-state index in [2.05, 4.69) is 25.6 Å². The molecular weight excluding hydrogens is 418 g/mol. The number of benzene rings is 1. The molecule has 1 aliphatic rings. The van der Waals surface area contributed by atoms with Crippen LogP contribution < -0.4 is 21.1 Å². The topological polar surface area (TPSA) is 115 Å². The van der Waals surface area contributed by atoms with Crippen LogP contribution in [0.5, 0.6) is 5.75 Å². The Bertz CT molecular complexity index is 1110. The van der Waals surface area contributed by atoms with Gasteiger partial charge >= 0.3 is 0 Å². The van der Waals surface area contributed by atoms with Crippen molar-refractivity contribution in [2.45, 2.75) is 25.3 Å². The lowest BCUT2D eigenvalue weighted by molar-refractivity contribution is 0.102. The summed E-state index contributed by atoms with van der Waals surface area (Å²) in [5.41, 5.74) is 5.80. The monoisotopic (exact) mass is 440 g/mol. The molecule has 1 aromatic carbocycles. The Hall–Kier alpha value is -3.66. The second-order valence-corrected chi connectivity index (χ2v) is 7.38. The van der Waals surface area contributed by atoms with Crippen molar-refractivity contribution in [3.8, 4) is 17.0 Å². The molecule has 8 nitrogen and oxygen atoms in total. The molecule has 0 radical (unpaired) electrons. The van der Waals surface area contributed by atoms with Crippen molar-refractivity contribution in [1.29, 1.82) is 0 Å². The summed E-state index contributed by atoms with van der Waals surface area (Å²) >= 11 is 0. The van der Waals surface area contributed by atoms with Crippen molar-refractivity contribution < 1.29 is 18.3 Å². The first-order valence-corrected chi connectivity index (χ1v) is 10.2. The average molecular weight is 440 g/mol. The Balaban J connectivity index is 1.52. The highest BCUT2D eigenvalue weighted by atomic mass is 19.1. The number of carbonyl (C=O) groups is 1. The molecule has 4 rings (SSSR count). The molecule has 0 spiro atoms. The molecule has 1 saturated heterocycles. The van der Waals surface area contributed by atoms with Crippen LogP contribution in [0.1, 0.15) is 29.8 Å². The predicted octanol–water partition coefficient (Wildman–Crippen LogP) is 3.17. The maximum atomic E-state index is 14.8. The van der Waals surface area contributed by atoms with Crippen LogP contribution in [-0.4, -0.2) is 40.1 Å². The van der Waals surface area contributed by atoms with E-state index in [1.807, 2.05) is 0 Å². The number of nitrogens with one attached hydrogen (secondary N) is 2. The summed E-state index contributed by atoms with van der Waals surface area (Å²) in [5, 5.41) is 5.91. The Morgan fingerprint density at radius 1 is 1.28 bits per heavy atom. The highest BCUT2D eigenvalue weighted by Crippen LogP contribution is 2.29. The van der Waals surface area contributed by atoms with Gasteiger partial charge in [-0.25, -0.2) is 18.7 Å². The van der Waals surface area contributed by atoms with Crippen molar-refractivity contribution in [3.63, 3.8) is 0 Å². The van der Waals surface area contributed by atoms with Crippen molar-refractivity contribution in [3.05, 3.63) is 60.2 Å². The van der Waals surface area contributed by atoms with Gasteiger partial charge in [-0.3, -0.25) is 9.78 Å². The summed E-state index contributed by atoms with van der Waals surface area (Å²) in [5.74, 6) is -2.45. The third kappa shape index (κ3) is 4.97. The van der Waals surface area contributed by atoms with Gasteiger partial charge in [-0.05, 0) is 44.0 Å². The number of nitrogens with zero attached hydrogens (tertiary/aromatic N) is 3. The minimum absolute atomic E-state index is 0.0337. The lowest BCUT2D eigenvalue weighted by atomic mass is 10.1. The molecule has 1 aliphatic heterocycles. The SMILES string of the molecule is Nc1ncc(-c2cc(F)c(OCCC3CCCN3)cc2F)nc1C(=O)Nc1cccnc1. The third-order valence-corrected chi connectivity index (χ3v) is 5.12. The van der Waals surface area contributed by atoms with Crippen LogP contribution >= 0.6 is 0 Å². The minimum Gasteiger partial charge on any atom is -0.490 e. The lowest BCUT2D eigenvalue weighted by Gasteiger charge is -2.13. The fourth-order valence-electron chi connectivity index (χ4n) is 3.47. The first-order chi connectivity index (χ1) is 15.5. The quantitative estimate of drug-likeness (QED) is 0.517. The van der Waals surface area contributed by atoms with E-state index in [9.17, 15) is 13.6 Å². The summed E-state index contributed by atoms with van der Waals surface area (Å²) in [6.45, 7) is 1.24. The van der Waals surface area contributed by atoms with E-state index >= 15 is 0 Å². The summed E-state index contributed by atoms with van der Waals surface area (Å²) in [6.07, 6.45) is 7.05. The zero-order chi connectivity index (χ0) is 22.5. The van der Waals surface area contributed by atoms with Gasteiger partial charge in [-0.2, -0.15) is 0 Å². The zero-order valence-corrected chi connectivity index (χ0v) is 17.1. The summed E-state index contributed by atoms with van der Waals surface area (Å²) in [4.78, 5) is 24.5. The lowest BCUT2D eigenvalue weighted by Crippen LogP contribution is -2.23. The highest BCUT2D eigenvalue weighted by Gasteiger charge is 2.19. The number of pyridine rings is 1. The molecular formula is C22H22F2N6O2. The number of hydrogen-bond donors (Lipinski definition) is 3. The molecule has 2 aromatic heterocycles. The molecule has 0 aliphatic carbocycles. The van der Waals surface area contributed by atoms with E-state index in [0.29, 0.717) is 18.2 Å². The van der Waals surface area contributed by atoms with E-state index in [1.165, 1.54) is 12.4 Å². The molecule has 0 bridgehead atoms. The summed E-state index contributed by atoms with van der Waals surface area (Å²) in [7, 11) is 0. The van der Waals surface area contributed by atoms with Crippen LogP contribution in [0.3, 0.4) is 0 Å². The number of rotatable bonds is 7. The minimum atomic E-state index is -0.752. The summed E-state index contributed by atoms with van der Waals surface area (Å²) < 4.78 is 34.8. The fourth-order valence-corrected chi connectivity index (χ4v) is 3.47. The second-order valence-electron chi connectivity index (χ2n) is 7.38. The average Bonchev–Trinajstić information content (AvgIpc) is 3.30. The Labute approximate surface area is 183 Å². The van der Waals surface area contributed by atoms with E-state index in [0.717, 1.165) is 31.5 Å². The van der Waals surface area contributed by atoms with Crippen LogP contribution in [0.2, 0.25) is 0 Å². The van der Waals surface area contributed by atoms with Gasteiger partial charge in [0.1, 0.15) is 5.82 Å². The van der Waals surface area contributed by atoms with E-state index in [1.54, 1.807) is 18.3 Å². The standard InChI is InChI=1S/C22H22F2N6O2/c23-16-10-19(32-8-5-13-3-2-7-27-13)17(24)9-15(16)18-12-28-21(25)20(30-18)22(31)29-14-4-1-6-26-11-14/h1,4,6,9-13,27H,2-3,5,7-8H2,(H2,25,28)(H,29,31). The van der Waals surface area contributed by atoms with Gasteiger partial charge < -0.3 is 21.1 Å². The van der Waals surface area contributed by atoms with Crippen LogP contribution in [-0.2, 0) is 0 Å². The molecule has 1 atom stereocenters. The number of ether oxygens (including phenoxy) is 1. The molecule has 3 aromatic rings. The van der Waals surface area contributed by atoms with Crippen molar-refractivity contribution in [1.82, 2.24) is 20.3 Å². The van der Waals surface area contributed by atoms with Crippen LogP contribution in [0.25, 0.3) is 11.3 Å². The molecule has 1 amide bonds. The Morgan fingerprint density at radius 2 is 2.16 bits per heavy atom. The molecule has 10 heteroatoms. The number of aromatic nitrogens is 3. The zero-order valence-electron chi connectivity index (χ0n) is 17.1. The van der Waals surface area contributed by atoms with E-state index in [-0.39, 0.29) is 35.1 Å². The van der Waals surface area contributed by atoms with Crippen molar-refractivity contribution in [2.75, 3.05) is 24.2 Å². The van der Waals surface area contributed by atoms with Crippen LogP contribution in [0.4, 0.5) is 20.3 Å². The van der Waals surface area contributed by atoms with Crippen LogP contribution in [0, 0.1) is 11.6 Å². The van der Waals surface area contributed by atoms with E-state index in [4.69, 9.17) is 10.5 Å². The van der Waals surface area contributed by atoms with Crippen molar-refractivity contribution >= 4 is 17.4 Å². The van der Waals surface area contributed by atoms with Gasteiger partial charge in [-0.15, -0.1) is 0 Å². The molecule has 3 heterocycles. The predicted molar refractivity (Wildman–Crippen MR) is 115 cm³/mol. The maximum absolute atomic E-state index is 14.8. The normalized spacial score (nSPS) is 15.5. The van der Waals surface area contributed by atoms with Gasteiger partial charge in [0.15, 0.2) is 23.1 Å². The maximum Gasteiger partial charge on any atom is 0.278 e. The number of halogens is 2. The van der Waals surface area contributed by atoms with Gasteiger partial charge in [0.05, 0.1) is 30.4 Å². The molecule has 32 heavy (non-hydrogen) atoms. The van der Waals surface area contributed by atoms with Gasteiger partial charge in [-0.1, -0.05) is 0 Å². The second kappa shape index (κ2) is 9.65. The number of amides is 1.